The van der Waals surface area contributed by atoms with Crippen molar-refractivity contribution in [2.24, 2.45) is 0 Å². The van der Waals surface area contributed by atoms with Gasteiger partial charge in [-0.15, -0.1) is 0 Å². The van der Waals surface area contributed by atoms with Gasteiger partial charge in [0.1, 0.15) is 0 Å². The van der Waals surface area contributed by atoms with E-state index in [9.17, 15) is 27.6 Å². The number of nitriles is 1. The van der Waals surface area contributed by atoms with Gasteiger partial charge in [-0.25, -0.2) is 4.90 Å². The number of imide groups is 1. The van der Waals surface area contributed by atoms with Crippen molar-refractivity contribution in [2.45, 2.75) is 32.4 Å². The zero-order chi connectivity index (χ0) is 29.3. The molecule has 2 aromatic rings. The van der Waals surface area contributed by atoms with E-state index in [4.69, 9.17) is 14.7 Å². The number of carbonyl (C=O) groups is 3. The fourth-order valence-corrected chi connectivity index (χ4v) is 5.24. The van der Waals surface area contributed by atoms with Crippen LogP contribution in [0.4, 0.5) is 18.9 Å². The molecule has 0 unspecified atom stereocenters. The van der Waals surface area contributed by atoms with Crippen LogP contribution in [-0.2, 0) is 15.8 Å². The Labute approximate surface area is 234 Å². The summed E-state index contributed by atoms with van der Waals surface area (Å²) in [4.78, 5) is 43.5. The van der Waals surface area contributed by atoms with Crippen molar-refractivity contribution < 1.29 is 37.0 Å². The molecule has 214 valence electrons. The smallest absolute Gasteiger partial charge is 0.417 e. The van der Waals surface area contributed by atoms with Crippen LogP contribution in [-0.4, -0.2) is 67.0 Å². The fourth-order valence-electron chi connectivity index (χ4n) is 5.24. The van der Waals surface area contributed by atoms with Crippen molar-refractivity contribution in [1.29, 1.82) is 5.26 Å². The Bertz CT molecular complexity index is 1470. The number of rotatable bonds is 7. The van der Waals surface area contributed by atoms with Crippen LogP contribution < -0.4 is 14.4 Å². The first-order valence-corrected chi connectivity index (χ1v) is 13.2. The first-order chi connectivity index (χ1) is 19.6. The van der Waals surface area contributed by atoms with Gasteiger partial charge in [-0.05, 0) is 69.1 Å². The molecule has 0 radical (unpaired) electrons. The Morgan fingerprint density at radius 3 is 2.41 bits per heavy atom. The summed E-state index contributed by atoms with van der Waals surface area (Å²) in [6.45, 7) is 4.93. The summed E-state index contributed by atoms with van der Waals surface area (Å²) in [5.41, 5.74) is -0.943. The van der Waals surface area contributed by atoms with Gasteiger partial charge >= 0.3 is 6.18 Å². The Hall–Kier alpha value is -4.37. The van der Waals surface area contributed by atoms with E-state index >= 15 is 0 Å². The van der Waals surface area contributed by atoms with Crippen molar-refractivity contribution >= 4 is 23.4 Å². The van der Waals surface area contributed by atoms with E-state index in [1.807, 2.05) is 0 Å². The number of fused-ring (bicyclic) bond motifs is 1. The number of hydrogen-bond donors (Lipinski definition) is 0. The normalized spacial score (nSPS) is 17.4. The quantitative estimate of drug-likeness (QED) is 0.366. The molecule has 0 aliphatic carbocycles. The second kappa shape index (κ2) is 11.2. The summed E-state index contributed by atoms with van der Waals surface area (Å²) in [7, 11) is 0. The van der Waals surface area contributed by atoms with Crippen molar-refractivity contribution in [2.75, 3.05) is 44.4 Å². The van der Waals surface area contributed by atoms with Gasteiger partial charge in [0.15, 0.2) is 11.5 Å². The van der Waals surface area contributed by atoms with E-state index < -0.39 is 29.1 Å². The summed E-state index contributed by atoms with van der Waals surface area (Å²) >= 11 is 0. The summed E-state index contributed by atoms with van der Waals surface area (Å²) in [6, 6.07) is 9.46. The monoisotopic (exact) mass is 568 g/mol. The summed E-state index contributed by atoms with van der Waals surface area (Å²) in [5, 5.41) is 9.02. The van der Waals surface area contributed by atoms with Crippen molar-refractivity contribution in [3.63, 3.8) is 0 Å². The maximum absolute atomic E-state index is 13.4. The van der Waals surface area contributed by atoms with E-state index in [1.54, 1.807) is 23.1 Å². The van der Waals surface area contributed by atoms with Gasteiger partial charge in [-0.3, -0.25) is 19.3 Å². The molecule has 41 heavy (non-hydrogen) atoms. The molecule has 5 rings (SSSR count). The SMILES string of the molecule is CC1=C(CCCCN2CCN(C(=O)c3ccc4c(c3)OCO4)CC2)C(=O)N(c2ccc(C#N)c(C(F)(F)F)c2)C1=O. The van der Waals surface area contributed by atoms with E-state index in [1.165, 1.54) is 19.1 Å². The Kier molecular flexibility index (Phi) is 7.73. The lowest BCUT2D eigenvalue weighted by molar-refractivity contribution is -0.138. The van der Waals surface area contributed by atoms with E-state index in [2.05, 4.69) is 4.90 Å². The van der Waals surface area contributed by atoms with Gasteiger partial charge in [0.25, 0.3) is 17.7 Å². The molecule has 1 saturated heterocycles. The first kappa shape index (κ1) is 28.2. The number of nitrogens with zero attached hydrogens (tertiary/aromatic N) is 4. The molecule has 9 nitrogen and oxygen atoms in total. The number of amides is 3. The molecular weight excluding hydrogens is 541 g/mol. The highest BCUT2D eigenvalue weighted by Gasteiger charge is 2.39. The van der Waals surface area contributed by atoms with Crippen LogP contribution in [0.25, 0.3) is 0 Å². The van der Waals surface area contributed by atoms with Crippen LogP contribution in [0.5, 0.6) is 11.5 Å². The highest BCUT2D eigenvalue weighted by molar-refractivity contribution is 6.32. The standard InChI is InChI=1S/C29H27F3N4O5/c1-18-22(28(39)36(26(18)37)21-7-5-20(16-33)23(15-21)29(30,31)32)4-2-3-9-34-10-12-35(13-11-34)27(38)19-6-8-24-25(14-19)41-17-40-24/h5-8,14-15H,2-4,9-13,17H2,1H3. The minimum atomic E-state index is -4.80. The van der Waals surface area contributed by atoms with Crippen molar-refractivity contribution in [3.8, 4) is 17.6 Å². The third-order valence-corrected chi connectivity index (χ3v) is 7.56. The van der Waals surface area contributed by atoms with Crippen LogP contribution in [0.15, 0.2) is 47.5 Å². The lowest BCUT2D eigenvalue weighted by Gasteiger charge is -2.34. The highest BCUT2D eigenvalue weighted by atomic mass is 19.4. The average molecular weight is 569 g/mol. The van der Waals surface area contributed by atoms with Crippen molar-refractivity contribution in [3.05, 3.63) is 64.2 Å². The summed E-state index contributed by atoms with van der Waals surface area (Å²) in [6.07, 6.45) is -3.14. The number of piperazine rings is 1. The first-order valence-electron chi connectivity index (χ1n) is 13.2. The second-order valence-electron chi connectivity index (χ2n) is 10.0. The van der Waals surface area contributed by atoms with Crippen LogP contribution in [0.3, 0.4) is 0 Å². The number of ether oxygens (including phenoxy) is 2. The Morgan fingerprint density at radius 2 is 1.71 bits per heavy atom. The summed E-state index contributed by atoms with van der Waals surface area (Å²) < 4.78 is 50.9. The maximum Gasteiger partial charge on any atom is 0.417 e. The molecule has 3 aliphatic heterocycles. The van der Waals surface area contributed by atoms with Crippen LogP contribution in [0.2, 0.25) is 0 Å². The molecule has 0 atom stereocenters. The Morgan fingerprint density at radius 1 is 0.976 bits per heavy atom. The third kappa shape index (κ3) is 5.63. The molecule has 0 N–H and O–H groups in total. The molecule has 0 spiro atoms. The minimum Gasteiger partial charge on any atom is -0.454 e. The number of anilines is 1. The van der Waals surface area contributed by atoms with E-state index in [0.29, 0.717) is 62.1 Å². The molecule has 3 heterocycles. The lowest BCUT2D eigenvalue weighted by atomic mass is 10.0. The molecule has 0 bridgehead atoms. The zero-order valence-corrected chi connectivity index (χ0v) is 22.3. The maximum atomic E-state index is 13.4. The van der Waals surface area contributed by atoms with Crippen LogP contribution >= 0.6 is 0 Å². The molecular formula is C29H27F3N4O5. The second-order valence-corrected chi connectivity index (χ2v) is 10.0. The average Bonchev–Trinajstić information content (AvgIpc) is 3.52. The van der Waals surface area contributed by atoms with Crippen LogP contribution in [0, 0.1) is 11.3 Å². The van der Waals surface area contributed by atoms with E-state index in [-0.39, 0.29) is 29.5 Å². The molecule has 2 aromatic carbocycles. The zero-order valence-electron chi connectivity index (χ0n) is 22.3. The number of unbranched alkanes of at least 4 members (excludes halogenated alkanes) is 1. The minimum absolute atomic E-state index is 0.0658. The predicted molar refractivity (Wildman–Crippen MR) is 140 cm³/mol. The lowest BCUT2D eigenvalue weighted by Crippen LogP contribution is -2.48. The van der Waals surface area contributed by atoms with Gasteiger partial charge in [0.2, 0.25) is 6.79 Å². The van der Waals surface area contributed by atoms with E-state index in [0.717, 1.165) is 23.9 Å². The van der Waals surface area contributed by atoms with Gasteiger partial charge in [-0.2, -0.15) is 18.4 Å². The van der Waals surface area contributed by atoms with Crippen LogP contribution in [0.1, 0.15) is 47.7 Å². The van der Waals surface area contributed by atoms with Crippen molar-refractivity contribution in [1.82, 2.24) is 9.80 Å². The highest BCUT2D eigenvalue weighted by Crippen LogP contribution is 2.37. The van der Waals surface area contributed by atoms with Gasteiger partial charge in [-0.1, -0.05) is 0 Å². The van der Waals surface area contributed by atoms with Gasteiger partial charge in [0, 0.05) is 42.9 Å². The molecule has 12 heteroatoms. The predicted octanol–water partition coefficient (Wildman–Crippen LogP) is 4.12. The topological polar surface area (TPSA) is 103 Å². The molecule has 1 fully saturated rings. The molecule has 0 saturated carbocycles. The molecule has 3 amide bonds. The third-order valence-electron chi connectivity index (χ3n) is 7.56. The fraction of sp³-hybridized carbons (Fsp3) is 0.379. The number of hydrogen-bond acceptors (Lipinski definition) is 7. The van der Waals surface area contributed by atoms with Gasteiger partial charge in [0.05, 0.1) is 22.9 Å². The number of benzene rings is 2. The number of alkyl halides is 3. The Balaban J connectivity index is 1.11. The number of halogens is 3. The van der Waals surface area contributed by atoms with Gasteiger partial charge < -0.3 is 14.4 Å². The molecule has 0 aromatic heterocycles. The number of carbonyl (C=O) groups excluding carboxylic acids is 3. The largest absolute Gasteiger partial charge is 0.454 e. The summed E-state index contributed by atoms with van der Waals surface area (Å²) in [5.74, 6) is -0.178. The molecule has 3 aliphatic rings.